The van der Waals surface area contributed by atoms with Gasteiger partial charge in [-0.2, -0.15) is 0 Å². The molecule has 1 aliphatic rings. The number of amides is 1. The molecule has 1 amide bonds. The summed E-state index contributed by atoms with van der Waals surface area (Å²) in [5, 5.41) is 2.54. The first-order valence-corrected chi connectivity index (χ1v) is 6.52. The van der Waals surface area contributed by atoms with Crippen LogP contribution in [0.4, 0.5) is 5.69 Å². The van der Waals surface area contributed by atoms with Gasteiger partial charge in [-0.25, -0.2) is 0 Å². The van der Waals surface area contributed by atoms with Crippen molar-refractivity contribution >= 4 is 27.5 Å². The summed E-state index contributed by atoms with van der Waals surface area (Å²) < 4.78 is 11.1. The summed E-state index contributed by atoms with van der Waals surface area (Å²) in [7, 11) is 0. The fraction of sp³-hybridized carbons (Fsp3) is 0.0769. The largest absolute Gasteiger partial charge is 0.454 e. The number of hydrogen-bond donors (Lipinski definition) is 2. The Labute approximate surface area is 121 Å². The number of nitrogens with one attached hydrogen (secondary N) is 2. The van der Waals surface area contributed by atoms with E-state index in [0.29, 0.717) is 21.5 Å². The van der Waals surface area contributed by atoms with Crippen LogP contribution in [0.3, 0.4) is 0 Å². The molecule has 2 aromatic rings. The highest BCUT2D eigenvalue weighted by Crippen LogP contribution is 2.40. The van der Waals surface area contributed by atoms with Crippen LogP contribution in [0.2, 0.25) is 0 Å². The van der Waals surface area contributed by atoms with E-state index in [0.717, 1.165) is 0 Å². The predicted molar refractivity (Wildman–Crippen MR) is 75.3 cm³/mol. The Balaban J connectivity index is 1.90. The highest BCUT2D eigenvalue weighted by molar-refractivity contribution is 9.10. The first kappa shape index (κ1) is 12.7. The van der Waals surface area contributed by atoms with Crippen LogP contribution in [0, 0.1) is 0 Å². The first-order valence-electron chi connectivity index (χ1n) is 5.73. The van der Waals surface area contributed by atoms with Crippen molar-refractivity contribution in [1.29, 1.82) is 0 Å². The Morgan fingerprint density at radius 1 is 1.35 bits per heavy atom. The molecule has 0 fully saturated rings. The fourth-order valence-electron chi connectivity index (χ4n) is 1.81. The maximum Gasteiger partial charge on any atom is 0.271 e. The van der Waals surface area contributed by atoms with Gasteiger partial charge in [0.1, 0.15) is 5.69 Å². The molecule has 0 atom stereocenters. The number of aromatic nitrogens is 1. The monoisotopic (exact) mass is 336 g/mol. The number of carbonyl (C=O) groups excluding carboxylic acids is 1. The van der Waals surface area contributed by atoms with Gasteiger partial charge in [-0.3, -0.25) is 9.59 Å². The van der Waals surface area contributed by atoms with Gasteiger partial charge < -0.3 is 19.8 Å². The Morgan fingerprint density at radius 3 is 3.00 bits per heavy atom. The van der Waals surface area contributed by atoms with E-state index in [1.807, 2.05) is 0 Å². The lowest BCUT2D eigenvalue weighted by atomic mass is 10.2. The van der Waals surface area contributed by atoms with Gasteiger partial charge in [-0.15, -0.1) is 0 Å². The lowest BCUT2D eigenvalue weighted by Crippen LogP contribution is -2.19. The van der Waals surface area contributed by atoms with E-state index < -0.39 is 5.91 Å². The zero-order valence-corrected chi connectivity index (χ0v) is 11.7. The molecule has 102 valence electrons. The van der Waals surface area contributed by atoms with E-state index in [-0.39, 0.29) is 18.0 Å². The number of fused-ring (bicyclic) bond motifs is 1. The molecular weight excluding hydrogens is 328 g/mol. The normalized spacial score (nSPS) is 12.2. The number of aromatic amines is 1. The maximum atomic E-state index is 12.1. The molecule has 0 saturated heterocycles. The number of pyridine rings is 1. The second-order valence-electron chi connectivity index (χ2n) is 4.06. The van der Waals surface area contributed by atoms with Crippen molar-refractivity contribution in [2.45, 2.75) is 0 Å². The Morgan fingerprint density at radius 2 is 2.20 bits per heavy atom. The number of hydrogen-bond acceptors (Lipinski definition) is 4. The number of ether oxygens (including phenoxy) is 2. The third kappa shape index (κ3) is 2.27. The van der Waals surface area contributed by atoms with Crippen LogP contribution in [0.15, 0.2) is 39.7 Å². The van der Waals surface area contributed by atoms with Crippen LogP contribution in [-0.4, -0.2) is 17.7 Å². The van der Waals surface area contributed by atoms with E-state index >= 15 is 0 Å². The van der Waals surface area contributed by atoms with Gasteiger partial charge in [-0.05, 0) is 40.2 Å². The molecule has 1 aromatic heterocycles. The number of benzene rings is 1. The van der Waals surface area contributed by atoms with Crippen LogP contribution >= 0.6 is 15.9 Å². The summed E-state index contributed by atoms with van der Waals surface area (Å²) in [6.45, 7) is 0.122. The van der Waals surface area contributed by atoms with Gasteiger partial charge >= 0.3 is 0 Å². The van der Waals surface area contributed by atoms with Gasteiger partial charge in [0.05, 0.1) is 4.47 Å². The van der Waals surface area contributed by atoms with E-state index in [1.165, 1.54) is 12.3 Å². The Hall–Kier alpha value is -2.28. The SMILES string of the molecule is O=C(Nc1ccc[nH]c1=O)c1cc(Br)c2c(c1)OCO2. The highest BCUT2D eigenvalue weighted by Gasteiger charge is 2.20. The minimum atomic E-state index is -0.402. The van der Waals surface area contributed by atoms with E-state index in [4.69, 9.17) is 9.47 Å². The minimum Gasteiger partial charge on any atom is -0.454 e. The molecule has 0 unspecified atom stereocenters. The molecular formula is C13H9BrN2O4. The molecule has 2 N–H and O–H groups in total. The van der Waals surface area contributed by atoms with Gasteiger partial charge in [0.2, 0.25) is 6.79 Å². The topological polar surface area (TPSA) is 80.4 Å². The van der Waals surface area contributed by atoms with Gasteiger partial charge in [0.15, 0.2) is 11.5 Å². The van der Waals surface area contributed by atoms with Gasteiger partial charge in [0, 0.05) is 11.8 Å². The van der Waals surface area contributed by atoms with Crippen LogP contribution in [0.1, 0.15) is 10.4 Å². The molecule has 0 radical (unpaired) electrons. The number of rotatable bonds is 2. The smallest absolute Gasteiger partial charge is 0.271 e. The molecule has 7 heteroatoms. The van der Waals surface area contributed by atoms with Crippen molar-refractivity contribution in [2.24, 2.45) is 0 Å². The standard InChI is InChI=1S/C13H9BrN2O4/c14-8-4-7(5-10-11(8)20-6-19-10)12(17)16-9-2-1-3-15-13(9)18/h1-5H,6H2,(H,15,18)(H,16,17). The van der Waals surface area contributed by atoms with E-state index in [9.17, 15) is 9.59 Å². The number of carbonyl (C=O) groups is 1. The van der Waals surface area contributed by atoms with Gasteiger partial charge in [0.25, 0.3) is 11.5 Å². The summed E-state index contributed by atoms with van der Waals surface area (Å²) in [4.78, 5) is 26.1. The number of H-pyrrole nitrogens is 1. The summed E-state index contributed by atoms with van der Waals surface area (Å²) in [5.41, 5.74) is 0.191. The van der Waals surface area contributed by atoms with Crippen molar-refractivity contribution in [3.63, 3.8) is 0 Å². The second kappa shape index (κ2) is 5.01. The molecule has 20 heavy (non-hydrogen) atoms. The summed E-state index contributed by atoms with van der Waals surface area (Å²) in [6.07, 6.45) is 1.50. The molecule has 0 aliphatic carbocycles. The molecule has 0 spiro atoms. The van der Waals surface area contributed by atoms with Crippen molar-refractivity contribution < 1.29 is 14.3 Å². The molecule has 1 aromatic carbocycles. The quantitative estimate of drug-likeness (QED) is 0.880. The third-order valence-electron chi connectivity index (χ3n) is 2.76. The first-order chi connectivity index (χ1) is 9.65. The minimum absolute atomic E-state index is 0.122. The van der Waals surface area contributed by atoms with Crippen molar-refractivity contribution in [1.82, 2.24) is 4.98 Å². The lowest BCUT2D eigenvalue weighted by molar-refractivity contribution is 0.102. The molecule has 3 rings (SSSR count). The maximum absolute atomic E-state index is 12.1. The molecule has 6 nitrogen and oxygen atoms in total. The van der Waals surface area contributed by atoms with Crippen LogP contribution in [-0.2, 0) is 0 Å². The van der Waals surface area contributed by atoms with E-state index in [1.54, 1.807) is 18.2 Å². The Bertz CT molecular complexity index is 741. The van der Waals surface area contributed by atoms with Crippen molar-refractivity contribution in [2.75, 3.05) is 12.1 Å². The van der Waals surface area contributed by atoms with E-state index in [2.05, 4.69) is 26.2 Å². The highest BCUT2D eigenvalue weighted by atomic mass is 79.9. The van der Waals surface area contributed by atoms with Gasteiger partial charge in [-0.1, -0.05) is 0 Å². The molecule has 2 heterocycles. The predicted octanol–water partition coefficient (Wildman–Crippen LogP) is 2.12. The molecule has 0 bridgehead atoms. The third-order valence-corrected chi connectivity index (χ3v) is 3.34. The lowest BCUT2D eigenvalue weighted by Gasteiger charge is -2.06. The zero-order chi connectivity index (χ0) is 14.1. The van der Waals surface area contributed by atoms with Crippen LogP contribution in [0.5, 0.6) is 11.5 Å². The number of halogens is 1. The van der Waals surface area contributed by atoms with Crippen LogP contribution in [0.25, 0.3) is 0 Å². The van der Waals surface area contributed by atoms with Crippen molar-refractivity contribution in [3.8, 4) is 11.5 Å². The molecule has 0 saturated carbocycles. The summed E-state index contributed by atoms with van der Waals surface area (Å²) in [6, 6.07) is 6.34. The Kier molecular flexibility index (Phi) is 3.19. The second-order valence-corrected chi connectivity index (χ2v) is 4.91. The summed E-state index contributed by atoms with van der Waals surface area (Å²) in [5.74, 6) is 0.659. The summed E-state index contributed by atoms with van der Waals surface area (Å²) >= 11 is 3.31. The van der Waals surface area contributed by atoms with Crippen LogP contribution < -0.4 is 20.3 Å². The zero-order valence-electron chi connectivity index (χ0n) is 10.1. The average molecular weight is 337 g/mol. The van der Waals surface area contributed by atoms with Crippen molar-refractivity contribution in [3.05, 3.63) is 50.9 Å². The fourth-order valence-corrected chi connectivity index (χ4v) is 2.37. The number of anilines is 1. The average Bonchev–Trinajstić information content (AvgIpc) is 2.90. The molecule has 1 aliphatic heterocycles.